The number of carbonyl (C=O) groups excluding carboxylic acids is 1. The Bertz CT molecular complexity index is 677. The highest BCUT2D eigenvalue weighted by atomic mass is 35.7. The van der Waals surface area contributed by atoms with E-state index in [1.807, 2.05) is 6.92 Å². The topological polar surface area (TPSA) is 72.5 Å². The molecule has 0 spiro atoms. The summed E-state index contributed by atoms with van der Waals surface area (Å²) in [5.41, 5.74) is -0.0394. The molecule has 1 aliphatic heterocycles. The molecular formula is C12H12Cl3NO4S. The minimum atomic E-state index is -4.10. The van der Waals surface area contributed by atoms with Crippen molar-refractivity contribution >= 4 is 48.8 Å². The van der Waals surface area contributed by atoms with Gasteiger partial charge in [0.2, 0.25) is 0 Å². The van der Waals surface area contributed by atoms with Crippen LogP contribution in [0.25, 0.3) is 0 Å². The summed E-state index contributed by atoms with van der Waals surface area (Å²) in [7, 11) is 1.18. The van der Waals surface area contributed by atoms with Crippen molar-refractivity contribution in [2.24, 2.45) is 0 Å². The SMILES string of the molecule is CC1OCCC1NC(=O)c1cc(Cl)cc(S(=O)(=O)Cl)c1Cl. The first-order valence-corrected chi connectivity index (χ1v) is 9.13. The number of amides is 1. The number of hydrogen-bond donors (Lipinski definition) is 1. The molecule has 5 nitrogen and oxygen atoms in total. The van der Waals surface area contributed by atoms with Gasteiger partial charge in [0.05, 0.1) is 22.7 Å². The van der Waals surface area contributed by atoms with Crippen molar-refractivity contribution in [2.75, 3.05) is 6.61 Å². The van der Waals surface area contributed by atoms with E-state index in [-0.39, 0.29) is 32.7 Å². The van der Waals surface area contributed by atoms with E-state index >= 15 is 0 Å². The third-order valence-electron chi connectivity index (χ3n) is 3.20. The first kappa shape index (κ1) is 16.8. The maximum Gasteiger partial charge on any atom is 0.262 e. The number of ether oxygens (including phenoxy) is 1. The lowest BCUT2D eigenvalue weighted by molar-refractivity contribution is 0.0866. The van der Waals surface area contributed by atoms with Gasteiger partial charge in [-0.05, 0) is 25.5 Å². The van der Waals surface area contributed by atoms with E-state index < -0.39 is 15.0 Å². The molecule has 21 heavy (non-hydrogen) atoms. The van der Waals surface area contributed by atoms with Crippen molar-refractivity contribution in [3.8, 4) is 0 Å². The van der Waals surface area contributed by atoms with Crippen molar-refractivity contribution in [1.82, 2.24) is 5.32 Å². The maximum atomic E-state index is 12.3. The highest BCUT2D eigenvalue weighted by Gasteiger charge is 2.28. The third-order valence-corrected chi connectivity index (χ3v) is 5.29. The molecule has 9 heteroatoms. The van der Waals surface area contributed by atoms with Crippen LogP contribution >= 0.6 is 33.9 Å². The van der Waals surface area contributed by atoms with E-state index in [0.717, 1.165) is 6.07 Å². The summed E-state index contributed by atoms with van der Waals surface area (Å²) >= 11 is 11.8. The van der Waals surface area contributed by atoms with Gasteiger partial charge in [-0.2, -0.15) is 0 Å². The predicted molar refractivity (Wildman–Crippen MR) is 80.8 cm³/mol. The lowest BCUT2D eigenvalue weighted by Crippen LogP contribution is -2.39. The van der Waals surface area contributed by atoms with Crippen LogP contribution in [0.5, 0.6) is 0 Å². The van der Waals surface area contributed by atoms with Gasteiger partial charge in [-0.3, -0.25) is 4.79 Å². The van der Waals surface area contributed by atoms with Crippen molar-refractivity contribution in [1.29, 1.82) is 0 Å². The second-order valence-electron chi connectivity index (χ2n) is 4.65. The van der Waals surface area contributed by atoms with Gasteiger partial charge >= 0.3 is 0 Å². The van der Waals surface area contributed by atoms with E-state index in [2.05, 4.69) is 5.32 Å². The Morgan fingerprint density at radius 2 is 2.05 bits per heavy atom. The minimum absolute atomic E-state index is 0.0394. The number of rotatable bonds is 3. The van der Waals surface area contributed by atoms with Crippen molar-refractivity contribution in [3.05, 3.63) is 27.7 Å². The molecule has 0 saturated carbocycles. The fourth-order valence-corrected chi connectivity index (χ4v) is 3.93. The maximum absolute atomic E-state index is 12.3. The summed E-state index contributed by atoms with van der Waals surface area (Å²) in [6, 6.07) is 2.24. The summed E-state index contributed by atoms with van der Waals surface area (Å²) in [5.74, 6) is -0.522. The Kier molecular flexibility index (Phi) is 5.05. The molecule has 0 aliphatic carbocycles. The lowest BCUT2D eigenvalue weighted by atomic mass is 10.1. The molecule has 1 amide bonds. The molecule has 116 valence electrons. The van der Waals surface area contributed by atoms with Crippen LogP contribution in [-0.4, -0.2) is 33.1 Å². The van der Waals surface area contributed by atoms with Gasteiger partial charge in [0.1, 0.15) is 4.90 Å². The Labute approximate surface area is 136 Å². The van der Waals surface area contributed by atoms with Gasteiger partial charge in [-0.25, -0.2) is 8.42 Å². The first-order chi connectivity index (χ1) is 9.70. The van der Waals surface area contributed by atoms with E-state index in [1.165, 1.54) is 6.07 Å². The van der Waals surface area contributed by atoms with Gasteiger partial charge in [-0.15, -0.1) is 0 Å². The summed E-state index contributed by atoms with van der Waals surface area (Å²) in [4.78, 5) is 11.9. The van der Waals surface area contributed by atoms with Gasteiger partial charge in [0.15, 0.2) is 0 Å². The van der Waals surface area contributed by atoms with Crippen LogP contribution in [0.2, 0.25) is 10.0 Å². The molecule has 1 aromatic carbocycles. The molecule has 1 aromatic rings. The zero-order chi connectivity index (χ0) is 15.8. The fraction of sp³-hybridized carbons (Fsp3) is 0.417. The number of halogens is 3. The third kappa shape index (κ3) is 3.81. The second kappa shape index (κ2) is 6.30. The molecule has 2 unspecified atom stereocenters. The molecule has 1 fully saturated rings. The second-order valence-corrected chi connectivity index (χ2v) is 8.00. The zero-order valence-electron chi connectivity index (χ0n) is 10.9. The molecule has 1 heterocycles. The molecule has 2 rings (SSSR count). The molecule has 1 N–H and O–H groups in total. The predicted octanol–water partition coefficient (Wildman–Crippen LogP) is 2.83. The Morgan fingerprint density at radius 3 is 2.57 bits per heavy atom. The number of nitrogens with one attached hydrogen (secondary N) is 1. The standard InChI is InChI=1S/C12H12Cl3NO4S/c1-6-9(2-3-20-6)16-12(17)8-4-7(13)5-10(11(8)14)21(15,18)19/h4-6,9H,2-3H2,1H3,(H,16,17). The monoisotopic (exact) mass is 371 g/mol. The summed E-state index contributed by atoms with van der Waals surface area (Å²) in [6.07, 6.45) is 0.550. The van der Waals surface area contributed by atoms with Gasteiger partial charge < -0.3 is 10.1 Å². The van der Waals surface area contributed by atoms with Crippen LogP contribution in [0, 0.1) is 0 Å². The highest BCUT2D eigenvalue weighted by Crippen LogP contribution is 2.31. The molecule has 0 aromatic heterocycles. The van der Waals surface area contributed by atoms with Gasteiger partial charge in [-0.1, -0.05) is 23.2 Å². The zero-order valence-corrected chi connectivity index (χ0v) is 14.0. The van der Waals surface area contributed by atoms with Crippen LogP contribution < -0.4 is 5.32 Å². The van der Waals surface area contributed by atoms with Crippen molar-refractivity contribution in [2.45, 2.75) is 30.4 Å². The first-order valence-electron chi connectivity index (χ1n) is 6.06. The van der Waals surface area contributed by atoms with E-state index in [1.54, 1.807) is 0 Å². The molecule has 1 aliphatic rings. The van der Waals surface area contributed by atoms with E-state index in [4.69, 9.17) is 38.6 Å². The van der Waals surface area contributed by atoms with Crippen LogP contribution in [0.1, 0.15) is 23.7 Å². The van der Waals surface area contributed by atoms with E-state index in [9.17, 15) is 13.2 Å². The molecule has 1 saturated heterocycles. The van der Waals surface area contributed by atoms with Crippen LogP contribution in [-0.2, 0) is 13.8 Å². The largest absolute Gasteiger partial charge is 0.376 e. The summed E-state index contributed by atoms with van der Waals surface area (Å²) < 4.78 is 28.2. The van der Waals surface area contributed by atoms with Crippen LogP contribution in [0.15, 0.2) is 17.0 Å². The number of benzene rings is 1. The minimum Gasteiger partial charge on any atom is -0.376 e. The van der Waals surface area contributed by atoms with Crippen molar-refractivity contribution < 1.29 is 17.9 Å². The summed E-state index contributed by atoms with van der Waals surface area (Å²) in [5, 5.41) is 2.55. The lowest BCUT2D eigenvalue weighted by Gasteiger charge is -2.17. The van der Waals surface area contributed by atoms with Gasteiger partial charge in [0, 0.05) is 22.3 Å². The number of carbonyl (C=O) groups is 1. The Morgan fingerprint density at radius 1 is 1.38 bits per heavy atom. The smallest absolute Gasteiger partial charge is 0.262 e. The summed E-state index contributed by atoms with van der Waals surface area (Å²) in [6.45, 7) is 2.39. The quantitative estimate of drug-likeness (QED) is 0.828. The normalized spacial score (nSPS) is 22.3. The number of hydrogen-bond acceptors (Lipinski definition) is 4. The average molecular weight is 373 g/mol. The van der Waals surface area contributed by atoms with Crippen LogP contribution in [0.3, 0.4) is 0 Å². The van der Waals surface area contributed by atoms with Crippen LogP contribution in [0.4, 0.5) is 0 Å². The van der Waals surface area contributed by atoms with Crippen molar-refractivity contribution in [3.63, 3.8) is 0 Å². The average Bonchev–Trinajstić information content (AvgIpc) is 2.76. The van der Waals surface area contributed by atoms with Gasteiger partial charge in [0.25, 0.3) is 15.0 Å². The molecule has 0 bridgehead atoms. The Hall–Kier alpha value is -0.530. The molecule has 2 atom stereocenters. The highest BCUT2D eigenvalue weighted by molar-refractivity contribution is 8.13. The Balaban J connectivity index is 2.35. The van der Waals surface area contributed by atoms with E-state index in [0.29, 0.717) is 13.0 Å². The molecule has 0 radical (unpaired) electrons. The fourth-order valence-electron chi connectivity index (χ4n) is 2.07. The molecular weight excluding hydrogens is 361 g/mol.